The quantitative estimate of drug-likeness (QED) is 0.281. The van der Waals surface area contributed by atoms with E-state index in [1.54, 1.807) is 25.6 Å². The van der Waals surface area contributed by atoms with Crippen LogP contribution in [0.25, 0.3) is 0 Å². The third kappa shape index (κ3) is 7.40. The van der Waals surface area contributed by atoms with Crippen LogP contribution in [0.5, 0.6) is 11.5 Å². The van der Waals surface area contributed by atoms with Gasteiger partial charge in [-0.05, 0) is 33.6 Å². The number of nitrogens with one attached hydrogen (secondary N) is 2. The largest absolute Gasteiger partial charge is 0.497 e. The summed E-state index contributed by atoms with van der Waals surface area (Å²) in [6.07, 6.45) is 3.04. The van der Waals surface area contributed by atoms with Gasteiger partial charge >= 0.3 is 0 Å². The average Bonchev–Trinajstić information content (AvgIpc) is 3.10. The third-order valence-corrected chi connectivity index (χ3v) is 6.62. The van der Waals surface area contributed by atoms with Gasteiger partial charge in [0.05, 0.1) is 24.9 Å². The summed E-state index contributed by atoms with van der Waals surface area (Å²) in [5.74, 6) is 2.55. The Morgan fingerprint density at radius 1 is 1.16 bits per heavy atom. The first-order valence-electron chi connectivity index (χ1n) is 11.0. The summed E-state index contributed by atoms with van der Waals surface area (Å²) in [5, 5.41) is 8.15. The van der Waals surface area contributed by atoms with Gasteiger partial charge in [-0.3, -0.25) is 4.99 Å². The molecule has 1 aromatic heterocycles. The Morgan fingerprint density at radius 3 is 2.34 bits per heavy atom. The van der Waals surface area contributed by atoms with E-state index in [0.717, 1.165) is 79.3 Å². The zero-order valence-electron chi connectivity index (χ0n) is 19.7. The van der Waals surface area contributed by atoms with Crippen molar-refractivity contribution in [2.24, 2.45) is 4.99 Å². The smallest absolute Gasteiger partial charge is 0.191 e. The summed E-state index contributed by atoms with van der Waals surface area (Å²) in [6.45, 7) is 9.82. The Balaban J connectivity index is 0.00000363. The second-order valence-corrected chi connectivity index (χ2v) is 9.02. The van der Waals surface area contributed by atoms with E-state index in [2.05, 4.69) is 53.4 Å². The van der Waals surface area contributed by atoms with Crippen molar-refractivity contribution < 1.29 is 9.47 Å². The van der Waals surface area contributed by atoms with Gasteiger partial charge in [0.25, 0.3) is 0 Å². The van der Waals surface area contributed by atoms with Gasteiger partial charge in [0.2, 0.25) is 0 Å². The van der Waals surface area contributed by atoms with E-state index >= 15 is 0 Å². The molecule has 0 spiro atoms. The molecular weight excluding hydrogens is 537 g/mol. The van der Waals surface area contributed by atoms with Crippen molar-refractivity contribution in [1.29, 1.82) is 0 Å². The third-order valence-electron chi connectivity index (χ3n) is 5.49. The first-order valence-corrected chi connectivity index (χ1v) is 11.8. The summed E-state index contributed by atoms with van der Waals surface area (Å²) in [4.78, 5) is 13.0. The fourth-order valence-electron chi connectivity index (χ4n) is 3.85. The van der Waals surface area contributed by atoms with Crippen molar-refractivity contribution in [3.05, 3.63) is 33.8 Å². The van der Waals surface area contributed by atoms with Crippen LogP contribution in [-0.4, -0.2) is 57.4 Å². The molecule has 1 saturated heterocycles. The second-order valence-electron chi connectivity index (χ2n) is 7.73. The molecule has 0 aliphatic carbocycles. The fraction of sp³-hybridized carbons (Fsp3) is 0.565. The molecule has 32 heavy (non-hydrogen) atoms. The van der Waals surface area contributed by atoms with Crippen LogP contribution < -0.4 is 25.0 Å². The number of ether oxygens (including phenoxy) is 2. The van der Waals surface area contributed by atoms with Crippen molar-refractivity contribution in [2.45, 2.75) is 46.1 Å². The lowest BCUT2D eigenvalue weighted by Crippen LogP contribution is -2.48. The van der Waals surface area contributed by atoms with Gasteiger partial charge in [-0.15, -0.1) is 35.3 Å². The first kappa shape index (κ1) is 26.5. The molecule has 0 bridgehead atoms. The molecule has 178 valence electrons. The van der Waals surface area contributed by atoms with E-state index in [1.165, 1.54) is 4.88 Å². The van der Waals surface area contributed by atoms with E-state index < -0.39 is 0 Å². The maximum Gasteiger partial charge on any atom is 0.191 e. The van der Waals surface area contributed by atoms with Gasteiger partial charge in [-0.1, -0.05) is 0 Å². The van der Waals surface area contributed by atoms with Crippen LogP contribution in [-0.2, 0) is 6.42 Å². The lowest BCUT2D eigenvalue weighted by Gasteiger charge is -2.34. The highest BCUT2D eigenvalue weighted by Crippen LogP contribution is 2.30. The number of halogens is 1. The zero-order valence-corrected chi connectivity index (χ0v) is 22.9. The number of thiazole rings is 1. The number of anilines is 1. The predicted octanol–water partition coefficient (Wildman–Crippen LogP) is 4.16. The molecule has 2 N–H and O–H groups in total. The summed E-state index contributed by atoms with van der Waals surface area (Å²) in [6, 6.07) is 6.47. The number of methoxy groups -OCH3 is 2. The highest BCUT2D eigenvalue weighted by Gasteiger charge is 2.21. The minimum Gasteiger partial charge on any atom is -0.497 e. The molecule has 2 aromatic rings. The highest BCUT2D eigenvalue weighted by molar-refractivity contribution is 14.0. The van der Waals surface area contributed by atoms with Crippen molar-refractivity contribution in [1.82, 2.24) is 15.6 Å². The maximum absolute atomic E-state index is 5.42. The van der Waals surface area contributed by atoms with Gasteiger partial charge in [0.15, 0.2) is 5.96 Å². The molecule has 1 aliphatic rings. The maximum atomic E-state index is 5.42. The van der Waals surface area contributed by atoms with E-state index in [9.17, 15) is 0 Å². The zero-order chi connectivity index (χ0) is 22.2. The highest BCUT2D eigenvalue weighted by atomic mass is 127. The lowest BCUT2D eigenvalue weighted by atomic mass is 10.0. The molecule has 2 heterocycles. The number of guanidine groups is 1. The number of nitrogens with zero attached hydrogens (tertiary/aromatic N) is 3. The predicted molar refractivity (Wildman–Crippen MR) is 145 cm³/mol. The second kappa shape index (κ2) is 13.1. The van der Waals surface area contributed by atoms with Crippen LogP contribution >= 0.6 is 35.3 Å². The van der Waals surface area contributed by atoms with Crippen LogP contribution in [0.15, 0.2) is 23.2 Å². The molecule has 1 aromatic carbocycles. The van der Waals surface area contributed by atoms with E-state index in [1.807, 2.05) is 6.07 Å². The number of hydrogen-bond acceptors (Lipinski definition) is 6. The van der Waals surface area contributed by atoms with Crippen LogP contribution in [0.4, 0.5) is 5.69 Å². The van der Waals surface area contributed by atoms with Gasteiger partial charge in [0.1, 0.15) is 11.5 Å². The van der Waals surface area contributed by atoms with Gasteiger partial charge < -0.3 is 25.0 Å². The van der Waals surface area contributed by atoms with Crippen LogP contribution in [0, 0.1) is 13.8 Å². The van der Waals surface area contributed by atoms with Crippen molar-refractivity contribution in [2.75, 3.05) is 45.3 Å². The Bertz CT molecular complexity index is 859. The molecule has 1 fully saturated rings. The van der Waals surface area contributed by atoms with Crippen molar-refractivity contribution in [3.8, 4) is 11.5 Å². The molecule has 0 atom stereocenters. The SMILES string of the molecule is CCNC(=NCCc1sc(C)nc1C)NC1CCN(c2cc(OC)cc(OC)c2)CC1.I. The van der Waals surface area contributed by atoms with Gasteiger partial charge in [0, 0.05) is 67.4 Å². The molecule has 3 rings (SSSR count). The standard InChI is InChI=1S/C23H35N5O2S.HI/c1-6-24-23(25-10-7-22-16(2)26-17(3)31-22)27-18-8-11-28(12-9-18)19-13-20(29-4)15-21(14-19)30-5;/h13-15,18H,6-12H2,1-5H3,(H2,24,25,27);1H. The van der Waals surface area contributed by atoms with E-state index in [0.29, 0.717) is 6.04 Å². The molecular formula is C23H36IN5O2S. The number of piperidine rings is 1. The van der Waals surface area contributed by atoms with Crippen LogP contribution in [0.1, 0.15) is 35.3 Å². The molecule has 0 amide bonds. The number of aryl methyl sites for hydroxylation is 2. The molecule has 0 saturated carbocycles. The molecule has 9 heteroatoms. The lowest BCUT2D eigenvalue weighted by molar-refractivity contribution is 0.393. The van der Waals surface area contributed by atoms with Crippen LogP contribution in [0.2, 0.25) is 0 Å². The van der Waals surface area contributed by atoms with E-state index in [-0.39, 0.29) is 24.0 Å². The molecule has 0 radical (unpaired) electrons. The molecule has 0 unspecified atom stereocenters. The van der Waals surface area contributed by atoms with E-state index in [4.69, 9.17) is 14.5 Å². The fourth-order valence-corrected chi connectivity index (χ4v) is 4.77. The van der Waals surface area contributed by atoms with Gasteiger partial charge in [-0.25, -0.2) is 4.98 Å². The number of aromatic nitrogens is 1. The van der Waals surface area contributed by atoms with Gasteiger partial charge in [-0.2, -0.15) is 0 Å². The minimum absolute atomic E-state index is 0. The number of aliphatic imine (C=N–C) groups is 1. The summed E-state index contributed by atoms with van der Waals surface area (Å²) < 4.78 is 10.8. The summed E-state index contributed by atoms with van der Waals surface area (Å²) in [5.41, 5.74) is 2.28. The minimum atomic E-state index is 0. The molecule has 7 nitrogen and oxygen atoms in total. The Labute approximate surface area is 213 Å². The Hall–Kier alpha value is -1.75. The number of benzene rings is 1. The van der Waals surface area contributed by atoms with Crippen LogP contribution in [0.3, 0.4) is 0 Å². The van der Waals surface area contributed by atoms with Crippen molar-refractivity contribution in [3.63, 3.8) is 0 Å². The Kier molecular flexibility index (Phi) is 10.8. The normalized spacial score (nSPS) is 14.7. The number of hydrogen-bond donors (Lipinski definition) is 2. The molecule has 1 aliphatic heterocycles. The monoisotopic (exact) mass is 573 g/mol. The number of rotatable bonds is 8. The summed E-state index contributed by atoms with van der Waals surface area (Å²) >= 11 is 1.77. The van der Waals surface area contributed by atoms with Crippen molar-refractivity contribution >= 4 is 47.0 Å². The topological polar surface area (TPSA) is 71.0 Å². The summed E-state index contributed by atoms with van der Waals surface area (Å²) in [7, 11) is 3.38. The first-order chi connectivity index (χ1) is 15.0. The average molecular weight is 574 g/mol. The Morgan fingerprint density at radius 2 is 1.81 bits per heavy atom.